The van der Waals surface area contributed by atoms with Crippen LogP contribution in [0.4, 0.5) is 4.39 Å². The molecular formula is C13H14ClFN2O. The van der Waals surface area contributed by atoms with E-state index >= 15 is 0 Å². The average Bonchev–Trinajstić information content (AvgIpc) is 2.76. The van der Waals surface area contributed by atoms with Gasteiger partial charge in [0.2, 0.25) is 0 Å². The predicted octanol–water partition coefficient (Wildman–Crippen LogP) is 3.66. The molecule has 0 radical (unpaired) electrons. The van der Waals surface area contributed by atoms with Crippen LogP contribution in [0.15, 0.2) is 30.6 Å². The number of aromatic nitrogens is 2. The average molecular weight is 269 g/mol. The zero-order valence-corrected chi connectivity index (χ0v) is 10.8. The fraction of sp³-hybridized carbons (Fsp3) is 0.308. The molecule has 0 fully saturated rings. The number of halogens is 2. The lowest BCUT2D eigenvalue weighted by Crippen LogP contribution is -1.97. The molecule has 0 spiro atoms. The molecule has 0 aliphatic rings. The lowest BCUT2D eigenvalue weighted by atomic mass is 10.2. The Morgan fingerprint density at radius 1 is 1.44 bits per heavy atom. The summed E-state index contributed by atoms with van der Waals surface area (Å²) >= 11 is 5.91. The van der Waals surface area contributed by atoms with Gasteiger partial charge in [-0.2, -0.15) is 5.10 Å². The first-order valence-electron chi connectivity index (χ1n) is 5.78. The number of aryl methyl sites for hydroxylation is 1. The van der Waals surface area contributed by atoms with Gasteiger partial charge in [0.1, 0.15) is 12.4 Å². The van der Waals surface area contributed by atoms with Crippen LogP contribution in [0.5, 0.6) is 5.75 Å². The summed E-state index contributed by atoms with van der Waals surface area (Å²) < 4.78 is 20.2. The van der Waals surface area contributed by atoms with Gasteiger partial charge in [-0.15, -0.1) is 0 Å². The summed E-state index contributed by atoms with van der Waals surface area (Å²) in [4.78, 5) is 0. The summed E-state index contributed by atoms with van der Waals surface area (Å²) in [6, 6.07) is 4.26. The maximum atomic E-state index is 12.9. The van der Waals surface area contributed by atoms with Gasteiger partial charge in [0, 0.05) is 12.1 Å². The van der Waals surface area contributed by atoms with Gasteiger partial charge in [-0.1, -0.05) is 24.6 Å². The van der Waals surface area contributed by atoms with E-state index in [1.54, 1.807) is 12.3 Å². The van der Waals surface area contributed by atoms with Gasteiger partial charge in [-0.25, -0.2) is 4.39 Å². The van der Waals surface area contributed by atoms with E-state index in [1.165, 1.54) is 12.1 Å². The molecule has 0 bridgehead atoms. The molecule has 1 aromatic heterocycles. The molecule has 0 unspecified atom stereocenters. The first kappa shape index (κ1) is 12.9. The Hall–Kier alpha value is -1.55. The van der Waals surface area contributed by atoms with Gasteiger partial charge < -0.3 is 4.74 Å². The number of benzene rings is 1. The zero-order chi connectivity index (χ0) is 13.0. The quantitative estimate of drug-likeness (QED) is 0.827. The van der Waals surface area contributed by atoms with Gasteiger partial charge in [0.25, 0.3) is 0 Å². The first-order chi connectivity index (χ1) is 8.69. The summed E-state index contributed by atoms with van der Waals surface area (Å²) in [7, 11) is 0. The van der Waals surface area contributed by atoms with E-state index in [2.05, 4.69) is 12.0 Å². The second-order valence-electron chi connectivity index (χ2n) is 3.96. The van der Waals surface area contributed by atoms with Gasteiger partial charge in [0.15, 0.2) is 5.75 Å². The molecule has 0 saturated carbocycles. The molecule has 2 rings (SSSR count). The third-order valence-corrected chi connectivity index (χ3v) is 2.82. The summed E-state index contributed by atoms with van der Waals surface area (Å²) in [5.41, 5.74) is 0.751. The van der Waals surface area contributed by atoms with Crippen LogP contribution in [-0.4, -0.2) is 9.78 Å². The van der Waals surface area contributed by atoms with E-state index in [0.717, 1.165) is 18.5 Å². The van der Waals surface area contributed by atoms with Crippen molar-refractivity contribution in [2.24, 2.45) is 0 Å². The van der Waals surface area contributed by atoms with Crippen LogP contribution >= 0.6 is 11.6 Å². The van der Waals surface area contributed by atoms with E-state index in [0.29, 0.717) is 17.4 Å². The van der Waals surface area contributed by atoms with E-state index in [-0.39, 0.29) is 5.82 Å². The number of rotatable bonds is 5. The topological polar surface area (TPSA) is 27.1 Å². The minimum Gasteiger partial charge on any atom is -0.486 e. The number of nitrogens with zero attached hydrogens (tertiary/aromatic N) is 2. The molecule has 0 N–H and O–H groups in total. The largest absolute Gasteiger partial charge is 0.486 e. The highest BCUT2D eigenvalue weighted by Gasteiger charge is 2.04. The van der Waals surface area contributed by atoms with Gasteiger partial charge >= 0.3 is 0 Å². The Morgan fingerprint density at radius 3 is 3.00 bits per heavy atom. The van der Waals surface area contributed by atoms with Crippen molar-refractivity contribution >= 4 is 11.6 Å². The SMILES string of the molecule is CCCn1cc(OCc2ccc(F)cc2Cl)cn1. The van der Waals surface area contributed by atoms with Crippen LogP contribution in [0.3, 0.4) is 0 Å². The minimum atomic E-state index is -0.348. The Bertz CT molecular complexity index is 527. The molecule has 18 heavy (non-hydrogen) atoms. The summed E-state index contributed by atoms with van der Waals surface area (Å²) in [5.74, 6) is 0.336. The highest BCUT2D eigenvalue weighted by atomic mass is 35.5. The molecule has 1 heterocycles. The van der Waals surface area contributed by atoms with Crippen LogP contribution in [-0.2, 0) is 13.2 Å². The minimum absolute atomic E-state index is 0.303. The fourth-order valence-corrected chi connectivity index (χ4v) is 1.79. The van der Waals surface area contributed by atoms with Crippen molar-refractivity contribution in [3.8, 4) is 5.75 Å². The molecule has 0 aliphatic heterocycles. The molecule has 5 heteroatoms. The van der Waals surface area contributed by atoms with Crippen LogP contribution < -0.4 is 4.74 Å². The lowest BCUT2D eigenvalue weighted by molar-refractivity contribution is 0.305. The predicted molar refractivity (Wildman–Crippen MR) is 68.3 cm³/mol. The highest BCUT2D eigenvalue weighted by Crippen LogP contribution is 2.19. The second kappa shape index (κ2) is 5.87. The van der Waals surface area contributed by atoms with Crippen molar-refractivity contribution < 1.29 is 9.13 Å². The van der Waals surface area contributed by atoms with E-state index in [1.807, 2.05) is 10.9 Å². The first-order valence-corrected chi connectivity index (χ1v) is 6.16. The summed E-state index contributed by atoms with van der Waals surface area (Å²) in [5, 5.41) is 4.52. The molecule has 1 aromatic carbocycles. The van der Waals surface area contributed by atoms with Crippen LogP contribution in [0, 0.1) is 5.82 Å². The van der Waals surface area contributed by atoms with Gasteiger partial charge in [-0.05, 0) is 18.6 Å². The third kappa shape index (κ3) is 3.23. The van der Waals surface area contributed by atoms with Crippen molar-refractivity contribution in [1.82, 2.24) is 9.78 Å². The van der Waals surface area contributed by atoms with Crippen molar-refractivity contribution in [2.75, 3.05) is 0 Å². The van der Waals surface area contributed by atoms with Crippen molar-refractivity contribution in [2.45, 2.75) is 26.5 Å². The number of hydrogen-bond acceptors (Lipinski definition) is 2. The van der Waals surface area contributed by atoms with Crippen LogP contribution in [0.25, 0.3) is 0 Å². The molecular weight excluding hydrogens is 255 g/mol. The number of hydrogen-bond donors (Lipinski definition) is 0. The summed E-state index contributed by atoms with van der Waals surface area (Å²) in [6.07, 6.45) is 4.51. The van der Waals surface area contributed by atoms with Crippen molar-refractivity contribution in [1.29, 1.82) is 0 Å². The van der Waals surface area contributed by atoms with E-state index < -0.39 is 0 Å². The molecule has 0 saturated heterocycles. The standard InChI is InChI=1S/C13H14ClFN2O/c1-2-5-17-8-12(7-16-17)18-9-10-3-4-11(15)6-13(10)14/h3-4,6-8H,2,5,9H2,1H3. The van der Waals surface area contributed by atoms with Crippen LogP contribution in [0.2, 0.25) is 5.02 Å². The van der Waals surface area contributed by atoms with E-state index in [9.17, 15) is 4.39 Å². The molecule has 96 valence electrons. The Balaban J connectivity index is 1.97. The molecule has 0 amide bonds. The Labute approximate surface area is 110 Å². The monoisotopic (exact) mass is 268 g/mol. The zero-order valence-electron chi connectivity index (χ0n) is 10.1. The molecule has 3 nitrogen and oxygen atoms in total. The fourth-order valence-electron chi connectivity index (χ4n) is 1.57. The second-order valence-corrected chi connectivity index (χ2v) is 4.37. The van der Waals surface area contributed by atoms with Gasteiger partial charge in [0.05, 0.1) is 17.4 Å². The Morgan fingerprint density at radius 2 is 2.28 bits per heavy atom. The molecule has 0 atom stereocenters. The van der Waals surface area contributed by atoms with Crippen molar-refractivity contribution in [3.63, 3.8) is 0 Å². The molecule has 2 aromatic rings. The normalized spacial score (nSPS) is 10.6. The third-order valence-electron chi connectivity index (χ3n) is 2.47. The lowest BCUT2D eigenvalue weighted by Gasteiger charge is -2.05. The van der Waals surface area contributed by atoms with Gasteiger partial charge in [-0.3, -0.25) is 4.68 Å². The van der Waals surface area contributed by atoms with Crippen molar-refractivity contribution in [3.05, 3.63) is 47.0 Å². The smallest absolute Gasteiger partial charge is 0.157 e. The maximum Gasteiger partial charge on any atom is 0.157 e. The highest BCUT2D eigenvalue weighted by molar-refractivity contribution is 6.31. The van der Waals surface area contributed by atoms with E-state index in [4.69, 9.17) is 16.3 Å². The van der Waals surface area contributed by atoms with Crippen LogP contribution in [0.1, 0.15) is 18.9 Å². The Kier molecular flexibility index (Phi) is 4.20. The summed E-state index contributed by atoms with van der Waals surface area (Å²) in [6.45, 7) is 3.25. The maximum absolute atomic E-state index is 12.9. The molecule has 0 aliphatic carbocycles. The number of ether oxygens (including phenoxy) is 1.